The highest BCUT2D eigenvalue weighted by molar-refractivity contribution is 6.07. The van der Waals surface area contributed by atoms with Gasteiger partial charge in [-0.25, -0.2) is 0 Å². The molecule has 1 aliphatic rings. The van der Waals surface area contributed by atoms with Crippen LogP contribution in [0.5, 0.6) is 0 Å². The molecule has 0 aliphatic carbocycles. The molecule has 0 spiro atoms. The summed E-state index contributed by atoms with van der Waals surface area (Å²) >= 11 is 0. The lowest BCUT2D eigenvalue weighted by atomic mass is 9.97. The quantitative estimate of drug-likeness (QED) is 0.436. The normalized spacial score (nSPS) is 24.6. The lowest BCUT2D eigenvalue weighted by molar-refractivity contribution is -0.131. The molecule has 6 N–H and O–H groups in total. The van der Waals surface area contributed by atoms with Crippen molar-refractivity contribution in [2.24, 2.45) is 0 Å². The minimum atomic E-state index is -1.54. The topological polar surface area (TPSA) is 101 Å². The van der Waals surface area contributed by atoms with Crippen LogP contribution in [-0.2, 0) is 10.4 Å². The van der Waals surface area contributed by atoms with Crippen LogP contribution in [0.25, 0.3) is 0 Å². The molecule has 0 aromatic heterocycles. The van der Waals surface area contributed by atoms with Crippen LogP contribution < -0.4 is 16.8 Å². The number of nitrogens with one attached hydrogen (secondary N) is 1. The van der Waals surface area contributed by atoms with Gasteiger partial charge in [-0.3, -0.25) is 4.79 Å². The van der Waals surface area contributed by atoms with Gasteiger partial charge in [-0.2, -0.15) is 0 Å². The fourth-order valence-corrected chi connectivity index (χ4v) is 1.57. The molecule has 0 fully saturated rings. The van der Waals surface area contributed by atoms with Crippen LogP contribution in [0.2, 0.25) is 0 Å². The zero-order valence-corrected chi connectivity index (χ0v) is 7.66. The Hall–Kier alpha value is -1.75. The molecule has 5 heteroatoms. The Morgan fingerprint density at radius 1 is 1.43 bits per heavy atom. The summed E-state index contributed by atoms with van der Waals surface area (Å²) in [6, 6.07) is 3.09. The van der Waals surface area contributed by atoms with Gasteiger partial charge >= 0.3 is 0 Å². The fourth-order valence-electron chi connectivity index (χ4n) is 1.57. The molecule has 0 saturated heterocycles. The minimum Gasteiger partial charge on any atom is -0.399 e. The van der Waals surface area contributed by atoms with E-state index in [1.165, 1.54) is 6.92 Å². The van der Waals surface area contributed by atoms with Crippen LogP contribution in [0.15, 0.2) is 12.1 Å². The highest BCUT2D eigenvalue weighted by atomic mass is 16.3. The second kappa shape index (κ2) is 2.39. The minimum absolute atomic E-state index is 0.367. The van der Waals surface area contributed by atoms with E-state index in [-0.39, 0.29) is 0 Å². The monoisotopic (exact) mass is 193 g/mol. The molecule has 1 aromatic rings. The molecular formula is C9H11N3O2. The smallest absolute Gasteiger partial charge is 0.260 e. The standard InChI is InChI=1S/C9H11N3O2/c1-9(14)5-2-4(10)3-6(11)7(5)12-8(9)13/h2-3,14H,10-11H2,1H3,(H,12,13). The lowest BCUT2D eigenvalue weighted by Crippen LogP contribution is -2.30. The van der Waals surface area contributed by atoms with Gasteiger partial charge in [-0.1, -0.05) is 0 Å². The first-order chi connectivity index (χ1) is 6.43. The third-order valence-corrected chi connectivity index (χ3v) is 2.40. The van der Waals surface area contributed by atoms with Gasteiger partial charge < -0.3 is 21.9 Å². The van der Waals surface area contributed by atoms with Gasteiger partial charge in [0.25, 0.3) is 5.91 Å². The zero-order valence-electron chi connectivity index (χ0n) is 7.66. The number of hydrogen-bond acceptors (Lipinski definition) is 4. The summed E-state index contributed by atoms with van der Waals surface area (Å²) in [5, 5.41) is 12.4. The van der Waals surface area contributed by atoms with E-state index in [0.717, 1.165) is 0 Å². The van der Waals surface area contributed by atoms with Crippen molar-refractivity contribution in [3.8, 4) is 0 Å². The maximum Gasteiger partial charge on any atom is 0.260 e. The summed E-state index contributed by atoms with van der Waals surface area (Å²) in [5.74, 6) is -0.482. The van der Waals surface area contributed by atoms with Crippen LogP contribution >= 0.6 is 0 Å². The number of benzene rings is 1. The number of hydrogen-bond donors (Lipinski definition) is 4. The van der Waals surface area contributed by atoms with E-state index in [1.807, 2.05) is 0 Å². The number of fused-ring (bicyclic) bond motifs is 1. The molecule has 5 nitrogen and oxygen atoms in total. The summed E-state index contributed by atoms with van der Waals surface area (Å²) in [6.45, 7) is 1.41. The third-order valence-electron chi connectivity index (χ3n) is 2.40. The molecule has 1 aromatic carbocycles. The van der Waals surface area contributed by atoms with E-state index in [2.05, 4.69) is 5.32 Å². The number of nitrogens with two attached hydrogens (primary N) is 2. The van der Waals surface area contributed by atoms with Gasteiger partial charge in [0.2, 0.25) is 0 Å². The molecule has 74 valence electrons. The second-order valence-corrected chi connectivity index (χ2v) is 3.56. The number of amides is 1. The second-order valence-electron chi connectivity index (χ2n) is 3.56. The molecule has 1 unspecified atom stereocenters. The Balaban J connectivity index is 2.71. The van der Waals surface area contributed by atoms with Crippen molar-refractivity contribution in [3.05, 3.63) is 17.7 Å². The molecular weight excluding hydrogens is 182 g/mol. The fraction of sp³-hybridized carbons (Fsp3) is 0.222. The van der Waals surface area contributed by atoms with Gasteiger partial charge in [-0.15, -0.1) is 0 Å². The van der Waals surface area contributed by atoms with Crippen LogP contribution in [0.3, 0.4) is 0 Å². The third kappa shape index (κ3) is 0.958. The largest absolute Gasteiger partial charge is 0.399 e. The van der Waals surface area contributed by atoms with Gasteiger partial charge in [-0.05, 0) is 19.1 Å². The number of rotatable bonds is 0. The Labute approximate surface area is 80.7 Å². The number of carbonyl (C=O) groups excluding carboxylic acids is 1. The van der Waals surface area contributed by atoms with Gasteiger partial charge in [0, 0.05) is 11.3 Å². The van der Waals surface area contributed by atoms with Crippen LogP contribution in [-0.4, -0.2) is 11.0 Å². The highest BCUT2D eigenvalue weighted by Gasteiger charge is 2.41. The van der Waals surface area contributed by atoms with Crippen LogP contribution in [0.4, 0.5) is 17.1 Å². The first-order valence-electron chi connectivity index (χ1n) is 4.16. The molecule has 14 heavy (non-hydrogen) atoms. The molecule has 1 heterocycles. The predicted octanol–water partition coefficient (Wildman–Crippen LogP) is 0.0106. The van der Waals surface area contributed by atoms with Gasteiger partial charge in [0.05, 0.1) is 11.4 Å². The lowest BCUT2D eigenvalue weighted by Gasteiger charge is -2.14. The van der Waals surface area contributed by atoms with Crippen LogP contribution in [0.1, 0.15) is 12.5 Å². The van der Waals surface area contributed by atoms with E-state index >= 15 is 0 Å². The average molecular weight is 193 g/mol. The molecule has 1 atom stereocenters. The van der Waals surface area contributed by atoms with Crippen molar-refractivity contribution in [1.29, 1.82) is 0 Å². The van der Waals surface area contributed by atoms with Crippen molar-refractivity contribution in [2.75, 3.05) is 16.8 Å². The van der Waals surface area contributed by atoms with Crippen molar-refractivity contribution in [2.45, 2.75) is 12.5 Å². The number of carbonyl (C=O) groups is 1. The maximum absolute atomic E-state index is 11.4. The number of aliphatic hydroxyl groups is 1. The van der Waals surface area contributed by atoms with Gasteiger partial charge in [0.15, 0.2) is 5.60 Å². The summed E-state index contributed by atoms with van der Waals surface area (Å²) in [7, 11) is 0. The molecule has 2 rings (SSSR count). The van der Waals surface area contributed by atoms with E-state index in [1.54, 1.807) is 12.1 Å². The highest BCUT2D eigenvalue weighted by Crippen LogP contribution is 2.40. The van der Waals surface area contributed by atoms with Gasteiger partial charge in [0.1, 0.15) is 0 Å². The first-order valence-corrected chi connectivity index (χ1v) is 4.16. The first kappa shape index (κ1) is 8.83. The molecule has 0 radical (unpaired) electrons. The van der Waals surface area contributed by atoms with E-state index in [4.69, 9.17) is 11.5 Å². The summed E-state index contributed by atoms with van der Waals surface area (Å²) in [5.41, 5.74) is 11.4. The Morgan fingerprint density at radius 2 is 2.07 bits per heavy atom. The Kier molecular flexibility index (Phi) is 1.51. The van der Waals surface area contributed by atoms with Crippen molar-refractivity contribution >= 4 is 23.0 Å². The zero-order chi connectivity index (χ0) is 10.5. The maximum atomic E-state index is 11.4. The average Bonchev–Trinajstić information content (AvgIpc) is 2.28. The SMILES string of the molecule is CC1(O)C(=O)Nc2c(N)cc(N)cc21. The van der Waals surface area contributed by atoms with Crippen molar-refractivity contribution in [1.82, 2.24) is 0 Å². The molecule has 1 amide bonds. The van der Waals surface area contributed by atoms with Crippen molar-refractivity contribution in [3.63, 3.8) is 0 Å². The summed E-state index contributed by atoms with van der Waals surface area (Å²) in [4.78, 5) is 11.4. The molecule has 0 bridgehead atoms. The van der Waals surface area contributed by atoms with E-state index in [9.17, 15) is 9.90 Å². The summed E-state index contributed by atoms with van der Waals surface area (Å²) < 4.78 is 0. The molecule has 0 saturated carbocycles. The van der Waals surface area contributed by atoms with E-state index < -0.39 is 11.5 Å². The molecule has 1 aliphatic heterocycles. The van der Waals surface area contributed by atoms with Crippen molar-refractivity contribution < 1.29 is 9.90 Å². The Bertz CT molecular complexity index is 426. The summed E-state index contributed by atoms with van der Waals surface area (Å²) in [6.07, 6.45) is 0. The number of nitrogen functional groups attached to an aromatic ring is 2. The van der Waals surface area contributed by atoms with E-state index in [0.29, 0.717) is 22.6 Å². The number of anilines is 3. The van der Waals surface area contributed by atoms with Crippen LogP contribution in [0, 0.1) is 0 Å². The predicted molar refractivity (Wildman–Crippen MR) is 53.5 cm³/mol. The Morgan fingerprint density at radius 3 is 2.71 bits per heavy atom.